The Morgan fingerprint density at radius 1 is 0.915 bits per heavy atom. The fourth-order valence-corrected chi connectivity index (χ4v) is 5.24. The van der Waals surface area contributed by atoms with Gasteiger partial charge in [0, 0.05) is 38.3 Å². The lowest BCUT2D eigenvalue weighted by atomic mass is 9.98. The number of aryl methyl sites for hydroxylation is 1. The fourth-order valence-electron chi connectivity index (χ4n) is 5.24. The summed E-state index contributed by atoms with van der Waals surface area (Å²) in [6.07, 6.45) is -3.60. The van der Waals surface area contributed by atoms with Crippen LogP contribution in [0.4, 0.5) is 9.59 Å². The highest BCUT2D eigenvalue weighted by atomic mass is 17.0. The molecule has 5 N–H and O–H groups in total. The number of nitrogens with zero attached hydrogens (tertiary/aromatic N) is 6. The van der Waals surface area contributed by atoms with E-state index >= 15 is 0 Å². The molecule has 0 bridgehead atoms. The maximum absolute atomic E-state index is 13.7. The third-order valence-electron chi connectivity index (χ3n) is 7.91. The molecule has 0 fully saturated rings. The van der Waals surface area contributed by atoms with E-state index in [1.54, 1.807) is 22.8 Å². The zero-order chi connectivity index (χ0) is 43.7. The predicted octanol–water partition coefficient (Wildman–Crippen LogP) is 3.93. The Morgan fingerprint density at radius 2 is 1.49 bits per heavy atom. The third kappa shape index (κ3) is 14.9. The van der Waals surface area contributed by atoms with Crippen molar-refractivity contribution in [2.75, 3.05) is 26.4 Å². The first-order valence-corrected chi connectivity index (χ1v) is 18.2. The second-order valence-corrected chi connectivity index (χ2v) is 13.1. The largest absolute Gasteiger partial charge is 0.511 e. The van der Waals surface area contributed by atoms with Crippen LogP contribution < -0.4 is 11.6 Å². The molecule has 0 aliphatic rings. The molecule has 1 aromatic heterocycles. The molecule has 23 nitrogen and oxygen atoms in total. The van der Waals surface area contributed by atoms with Crippen LogP contribution >= 0.6 is 0 Å². The highest BCUT2D eigenvalue weighted by Gasteiger charge is 2.34. The molecular formula is C36H48N8O15. The van der Waals surface area contributed by atoms with Crippen LogP contribution in [0.5, 0.6) is 0 Å². The number of hydrogen-bond acceptors (Lipinski definition) is 19. The number of benzene rings is 2. The number of aromatic nitrogens is 2. The van der Waals surface area contributed by atoms with Crippen molar-refractivity contribution >= 4 is 24.1 Å². The summed E-state index contributed by atoms with van der Waals surface area (Å²) in [7, 11) is 0. The Labute approximate surface area is 337 Å². The van der Waals surface area contributed by atoms with E-state index in [0.717, 1.165) is 16.2 Å². The summed E-state index contributed by atoms with van der Waals surface area (Å²) in [5, 5.41) is 34.6. The lowest BCUT2D eigenvalue weighted by Gasteiger charge is -2.21. The second kappa shape index (κ2) is 22.3. The smallest absolute Gasteiger partial charge is 0.434 e. The fraction of sp³-hybridized carbons (Fsp3) is 0.472. The molecule has 2 unspecified atom stereocenters. The number of rotatable bonds is 23. The summed E-state index contributed by atoms with van der Waals surface area (Å²) >= 11 is 0. The normalized spacial score (nSPS) is 12.4. The number of ether oxygens (including phenoxy) is 5. The van der Waals surface area contributed by atoms with E-state index in [0.29, 0.717) is 29.8 Å². The molecule has 0 spiro atoms. The average molecular weight is 833 g/mol. The van der Waals surface area contributed by atoms with Crippen molar-refractivity contribution in [3.05, 3.63) is 97.1 Å². The summed E-state index contributed by atoms with van der Waals surface area (Å²) < 4.78 is 26.9. The molecule has 2 aromatic carbocycles. The van der Waals surface area contributed by atoms with Crippen molar-refractivity contribution in [2.24, 2.45) is 16.7 Å². The first-order valence-electron chi connectivity index (χ1n) is 18.2. The quantitative estimate of drug-likeness (QED) is 0.0140. The minimum Gasteiger partial charge on any atom is -0.434 e. The van der Waals surface area contributed by atoms with Crippen molar-refractivity contribution in [3.63, 3.8) is 0 Å². The minimum atomic E-state index is -1.57. The molecule has 2 atom stereocenters. The second-order valence-electron chi connectivity index (χ2n) is 13.1. The molecule has 0 aliphatic heterocycles. The summed E-state index contributed by atoms with van der Waals surface area (Å²) in [4.78, 5) is 71.2. The molecule has 23 heteroatoms. The van der Waals surface area contributed by atoms with Crippen LogP contribution in [0.2, 0.25) is 0 Å². The molecule has 0 saturated heterocycles. The van der Waals surface area contributed by atoms with Crippen LogP contribution in [0.25, 0.3) is 11.1 Å². The zero-order valence-electron chi connectivity index (χ0n) is 33.1. The number of carbonyl (C=O) groups excluding carboxylic acids is 3. The van der Waals surface area contributed by atoms with E-state index in [4.69, 9.17) is 35.3 Å². The van der Waals surface area contributed by atoms with Gasteiger partial charge in [-0.05, 0) is 43.9 Å². The highest BCUT2D eigenvalue weighted by Crippen LogP contribution is 2.29. The van der Waals surface area contributed by atoms with Crippen LogP contribution in [0, 0.1) is 20.2 Å². The van der Waals surface area contributed by atoms with Gasteiger partial charge in [0.2, 0.25) is 12.5 Å². The molecule has 3 rings (SSSR count). The number of nitrogens with two attached hydrogens (primary N) is 2. The van der Waals surface area contributed by atoms with Gasteiger partial charge in [0.15, 0.2) is 11.5 Å². The van der Waals surface area contributed by atoms with Gasteiger partial charge in [0.05, 0.1) is 26.4 Å². The van der Waals surface area contributed by atoms with Gasteiger partial charge in [0.1, 0.15) is 17.1 Å². The van der Waals surface area contributed by atoms with E-state index in [9.17, 15) is 39.7 Å². The maximum atomic E-state index is 13.7. The summed E-state index contributed by atoms with van der Waals surface area (Å²) in [5.74, 6) is 5.57. The predicted molar refractivity (Wildman–Crippen MR) is 204 cm³/mol. The Balaban J connectivity index is 1.78. The molecule has 0 amide bonds. The van der Waals surface area contributed by atoms with Crippen molar-refractivity contribution < 1.29 is 63.0 Å². The maximum Gasteiger partial charge on any atom is 0.511 e. The van der Waals surface area contributed by atoms with Gasteiger partial charge in [-0.3, -0.25) is 0 Å². The van der Waals surface area contributed by atoms with E-state index < -0.39 is 46.6 Å². The van der Waals surface area contributed by atoms with Crippen LogP contribution in [0.15, 0.2) is 53.6 Å². The van der Waals surface area contributed by atoms with E-state index in [-0.39, 0.29) is 63.0 Å². The Morgan fingerprint density at radius 3 is 2.05 bits per heavy atom. The monoisotopic (exact) mass is 832 g/mol. The van der Waals surface area contributed by atoms with E-state index in [1.807, 2.05) is 37.3 Å². The average Bonchev–Trinajstić information content (AvgIpc) is 3.53. The Kier molecular flexibility index (Phi) is 17.6. The number of esters is 1. The molecule has 322 valence electrons. The lowest BCUT2D eigenvalue weighted by molar-refractivity contribution is -0.757. The topological polar surface area (TPSA) is 308 Å². The van der Waals surface area contributed by atoms with Crippen LogP contribution in [-0.2, 0) is 51.9 Å². The summed E-state index contributed by atoms with van der Waals surface area (Å²) in [6.45, 7) is 6.75. The van der Waals surface area contributed by atoms with Crippen molar-refractivity contribution in [2.45, 2.75) is 85.0 Å². The molecular weight excluding hydrogens is 784 g/mol. The SMILES string of the molecule is CCCc1nc(C(C)(C)O)c(C(=O)OC(C)OC(=O)OCCCO[N+](=O)[O-])n1Cc1ccc(-c2ccccc2/C(N)=N/N(N)C(C)OC(=O)OCCCO[N+](=O)[O-])cc1. The Hall–Kier alpha value is -6.75. The number of amidine groups is 1. The molecule has 0 aliphatic carbocycles. The molecule has 1 heterocycles. The summed E-state index contributed by atoms with van der Waals surface area (Å²) in [5.41, 5.74) is 7.44. The van der Waals surface area contributed by atoms with Gasteiger partial charge < -0.3 is 48.8 Å². The van der Waals surface area contributed by atoms with E-state index in [2.05, 4.69) is 19.8 Å². The van der Waals surface area contributed by atoms with Crippen molar-refractivity contribution in [1.82, 2.24) is 14.7 Å². The minimum absolute atomic E-state index is 0.00777. The Bertz CT molecular complexity index is 1930. The standard InChI is InChI=1S/C36H48N8O15/c1-6-11-29-39-31(36(4,5)48)30(33(45)58-24(3)59-35(47)54-19-10-21-56-44(51)52)41(29)22-25-14-16-26(17-15-25)27-12-7-8-13-28(27)32(37)40-42(38)23(2)57-34(46)53-18-9-20-55-43(49)50/h7-8,12-17,23-24,48H,6,9-11,18-22,38H2,1-5H3,(H2,37,40). The van der Waals surface area contributed by atoms with Crippen LogP contribution in [-0.4, -0.2) is 93.0 Å². The number of hydrazone groups is 1. The summed E-state index contributed by atoms with van der Waals surface area (Å²) in [6, 6.07) is 14.4. The molecule has 3 aromatic rings. The third-order valence-corrected chi connectivity index (χ3v) is 7.91. The van der Waals surface area contributed by atoms with Gasteiger partial charge in [-0.15, -0.1) is 25.3 Å². The number of imidazole rings is 1. The first-order chi connectivity index (χ1) is 27.9. The molecule has 59 heavy (non-hydrogen) atoms. The van der Waals surface area contributed by atoms with Gasteiger partial charge in [-0.25, -0.2) is 25.2 Å². The van der Waals surface area contributed by atoms with E-state index in [1.165, 1.54) is 27.7 Å². The first kappa shape index (κ1) is 46.6. The van der Waals surface area contributed by atoms with Gasteiger partial charge in [-0.2, -0.15) is 5.12 Å². The number of hydrazine groups is 1. The van der Waals surface area contributed by atoms with Gasteiger partial charge in [0.25, 0.3) is 10.2 Å². The zero-order valence-corrected chi connectivity index (χ0v) is 33.1. The molecule has 0 saturated carbocycles. The van der Waals surface area contributed by atoms with Gasteiger partial charge in [-0.1, -0.05) is 55.5 Å². The number of hydrogen-bond donors (Lipinski definition) is 3. The van der Waals surface area contributed by atoms with Crippen molar-refractivity contribution in [3.8, 4) is 11.1 Å². The number of carbonyl (C=O) groups is 3. The van der Waals surface area contributed by atoms with Gasteiger partial charge >= 0.3 is 18.3 Å². The lowest BCUT2D eigenvalue weighted by Crippen LogP contribution is -2.40. The highest BCUT2D eigenvalue weighted by molar-refractivity contribution is 6.03. The van der Waals surface area contributed by atoms with Crippen LogP contribution in [0.1, 0.15) is 87.0 Å². The van der Waals surface area contributed by atoms with Crippen LogP contribution in [0.3, 0.4) is 0 Å². The van der Waals surface area contributed by atoms with Crippen molar-refractivity contribution in [1.29, 1.82) is 0 Å². The molecule has 0 radical (unpaired) electrons. The number of aliphatic hydroxyl groups is 1.